The van der Waals surface area contributed by atoms with E-state index in [1.165, 1.54) is 6.07 Å². The number of nitro benzene ring substituents is 1. The fraction of sp³-hybridized carbons (Fsp3) is 0.533. The molecule has 1 aromatic carbocycles. The standard InChI is InChI=1S/C15H23N3O3/c1-5-8-11(3)17(4)15(19)12-9-7-10-13(16-6-2)14(12)18(20)21/h7,9-11,16H,5-6,8H2,1-4H3. The van der Waals surface area contributed by atoms with Crippen LogP contribution in [0.15, 0.2) is 18.2 Å². The number of nitrogens with zero attached hydrogens (tertiary/aromatic N) is 2. The highest BCUT2D eigenvalue weighted by molar-refractivity contribution is 6.00. The van der Waals surface area contributed by atoms with Crippen molar-refractivity contribution < 1.29 is 9.72 Å². The predicted molar refractivity (Wildman–Crippen MR) is 83.7 cm³/mol. The lowest BCUT2D eigenvalue weighted by Crippen LogP contribution is -2.35. The third-order valence-corrected chi connectivity index (χ3v) is 3.50. The minimum atomic E-state index is -0.496. The molecule has 1 aromatic rings. The molecule has 6 heteroatoms. The molecule has 1 N–H and O–H groups in total. The summed E-state index contributed by atoms with van der Waals surface area (Å²) in [7, 11) is 1.69. The van der Waals surface area contributed by atoms with Crippen molar-refractivity contribution in [3.63, 3.8) is 0 Å². The Bertz CT molecular complexity index is 517. The largest absolute Gasteiger partial charge is 0.380 e. The Labute approximate surface area is 125 Å². The summed E-state index contributed by atoms with van der Waals surface area (Å²) in [6, 6.07) is 4.84. The summed E-state index contributed by atoms with van der Waals surface area (Å²) in [6.07, 6.45) is 1.82. The van der Waals surface area contributed by atoms with Gasteiger partial charge in [0, 0.05) is 19.6 Å². The summed E-state index contributed by atoms with van der Waals surface area (Å²) in [5.41, 5.74) is 0.355. The van der Waals surface area contributed by atoms with Crippen molar-refractivity contribution in [1.29, 1.82) is 0 Å². The minimum Gasteiger partial charge on any atom is -0.380 e. The van der Waals surface area contributed by atoms with Gasteiger partial charge in [0.2, 0.25) is 0 Å². The zero-order chi connectivity index (χ0) is 16.0. The highest BCUT2D eigenvalue weighted by Crippen LogP contribution is 2.29. The molecule has 1 atom stereocenters. The zero-order valence-corrected chi connectivity index (χ0v) is 13.0. The second-order valence-corrected chi connectivity index (χ2v) is 5.04. The van der Waals surface area contributed by atoms with Gasteiger partial charge in [-0.15, -0.1) is 0 Å². The first-order valence-electron chi connectivity index (χ1n) is 7.22. The molecule has 0 spiro atoms. The van der Waals surface area contributed by atoms with Crippen molar-refractivity contribution >= 4 is 17.3 Å². The molecular formula is C15H23N3O3. The molecule has 1 amide bonds. The van der Waals surface area contributed by atoms with Gasteiger partial charge in [-0.1, -0.05) is 19.4 Å². The van der Waals surface area contributed by atoms with Gasteiger partial charge in [0.05, 0.1) is 4.92 Å². The fourth-order valence-electron chi connectivity index (χ4n) is 2.25. The molecule has 0 aliphatic carbocycles. The van der Waals surface area contributed by atoms with E-state index < -0.39 is 4.92 Å². The number of rotatable bonds is 7. The highest BCUT2D eigenvalue weighted by atomic mass is 16.6. The first-order valence-corrected chi connectivity index (χ1v) is 7.22. The second-order valence-electron chi connectivity index (χ2n) is 5.04. The third-order valence-electron chi connectivity index (χ3n) is 3.50. The van der Waals surface area contributed by atoms with Crippen LogP contribution in [0.3, 0.4) is 0 Å². The van der Waals surface area contributed by atoms with E-state index in [-0.39, 0.29) is 23.2 Å². The Morgan fingerprint density at radius 1 is 1.43 bits per heavy atom. The number of nitro groups is 1. The van der Waals surface area contributed by atoms with Gasteiger partial charge in [-0.3, -0.25) is 14.9 Å². The topological polar surface area (TPSA) is 75.5 Å². The van der Waals surface area contributed by atoms with Gasteiger partial charge in [0.15, 0.2) is 0 Å². The Morgan fingerprint density at radius 3 is 2.62 bits per heavy atom. The molecule has 6 nitrogen and oxygen atoms in total. The number of benzene rings is 1. The maximum atomic E-state index is 12.5. The summed E-state index contributed by atoms with van der Waals surface area (Å²) in [4.78, 5) is 24.9. The first-order chi connectivity index (χ1) is 9.93. The second kappa shape index (κ2) is 7.61. The van der Waals surface area contributed by atoms with Crippen LogP contribution in [-0.4, -0.2) is 35.4 Å². The molecule has 0 saturated carbocycles. The number of nitrogens with one attached hydrogen (secondary N) is 1. The number of carbonyl (C=O) groups is 1. The van der Waals surface area contributed by atoms with Gasteiger partial charge in [0.1, 0.15) is 11.3 Å². The van der Waals surface area contributed by atoms with Crippen LogP contribution < -0.4 is 5.32 Å². The van der Waals surface area contributed by atoms with E-state index in [0.717, 1.165) is 12.8 Å². The average Bonchev–Trinajstić information content (AvgIpc) is 2.45. The normalized spacial score (nSPS) is 11.8. The molecule has 0 aromatic heterocycles. The SMILES string of the molecule is CCCC(C)N(C)C(=O)c1cccc(NCC)c1[N+](=O)[O-]. The lowest BCUT2D eigenvalue weighted by Gasteiger charge is -2.24. The quantitative estimate of drug-likeness (QED) is 0.618. The van der Waals surface area contributed by atoms with Crippen molar-refractivity contribution in [2.45, 2.75) is 39.7 Å². The van der Waals surface area contributed by atoms with E-state index in [9.17, 15) is 14.9 Å². The zero-order valence-electron chi connectivity index (χ0n) is 13.0. The van der Waals surface area contributed by atoms with Crippen molar-refractivity contribution in [2.24, 2.45) is 0 Å². The number of hydrogen-bond donors (Lipinski definition) is 1. The van der Waals surface area contributed by atoms with Crippen LogP contribution in [0.25, 0.3) is 0 Å². The third kappa shape index (κ3) is 3.93. The molecule has 0 radical (unpaired) electrons. The minimum absolute atomic E-state index is 0.0462. The molecule has 21 heavy (non-hydrogen) atoms. The number of hydrogen-bond acceptors (Lipinski definition) is 4. The lowest BCUT2D eigenvalue weighted by atomic mass is 10.1. The van der Waals surface area contributed by atoms with Crippen molar-refractivity contribution in [1.82, 2.24) is 4.90 Å². The molecule has 0 heterocycles. The van der Waals surface area contributed by atoms with E-state index in [0.29, 0.717) is 12.2 Å². The maximum absolute atomic E-state index is 12.5. The maximum Gasteiger partial charge on any atom is 0.305 e. The van der Waals surface area contributed by atoms with Crippen LogP contribution in [-0.2, 0) is 0 Å². The van der Waals surface area contributed by atoms with Crippen LogP contribution in [0, 0.1) is 10.1 Å². The van der Waals surface area contributed by atoms with Crippen LogP contribution >= 0.6 is 0 Å². The average molecular weight is 293 g/mol. The van der Waals surface area contributed by atoms with Gasteiger partial charge in [-0.2, -0.15) is 0 Å². The van der Waals surface area contributed by atoms with Crippen LogP contribution in [0.4, 0.5) is 11.4 Å². The van der Waals surface area contributed by atoms with E-state index >= 15 is 0 Å². The number of amides is 1. The van der Waals surface area contributed by atoms with E-state index in [1.54, 1.807) is 24.1 Å². The Kier molecular flexibility index (Phi) is 6.14. The summed E-state index contributed by atoms with van der Waals surface area (Å²) < 4.78 is 0. The van der Waals surface area contributed by atoms with Crippen molar-refractivity contribution in [2.75, 3.05) is 18.9 Å². The molecule has 0 aliphatic heterocycles. The Balaban J connectivity index is 3.20. The summed E-state index contributed by atoms with van der Waals surface area (Å²) in [6.45, 7) is 6.40. The number of para-hydroxylation sites is 1. The molecule has 1 rings (SSSR count). The Hall–Kier alpha value is -2.11. The van der Waals surface area contributed by atoms with Crippen molar-refractivity contribution in [3.8, 4) is 0 Å². The van der Waals surface area contributed by atoms with Gasteiger partial charge in [0.25, 0.3) is 5.91 Å². The summed E-state index contributed by atoms with van der Waals surface area (Å²) in [5.74, 6) is -0.317. The molecule has 0 saturated heterocycles. The van der Waals surface area contributed by atoms with Gasteiger partial charge in [-0.05, 0) is 32.4 Å². The highest BCUT2D eigenvalue weighted by Gasteiger charge is 2.27. The molecule has 1 unspecified atom stereocenters. The van der Waals surface area contributed by atoms with Gasteiger partial charge >= 0.3 is 5.69 Å². The summed E-state index contributed by atoms with van der Waals surface area (Å²) in [5, 5.41) is 14.3. The first kappa shape index (κ1) is 16.9. The van der Waals surface area contributed by atoms with Crippen molar-refractivity contribution in [3.05, 3.63) is 33.9 Å². The van der Waals surface area contributed by atoms with Crippen LogP contribution in [0.5, 0.6) is 0 Å². The van der Waals surface area contributed by atoms with E-state index in [4.69, 9.17) is 0 Å². The molecule has 0 fully saturated rings. The predicted octanol–water partition coefficient (Wildman–Crippen LogP) is 3.29. The van der Waals surface area contributed by atoms with Crippen LogP contribution in [0.2, 0.25) is 0 Å². The number of carbonyl (C=O) groups excluding carboxylic acids is 1. The smallest absolute Gasteiger partial charge is 0.305 e. The Morgan fingerprint density at radius 2 is 2.10 bits per heavy atom. The van der Waals surface area contributed by atoms with Gasteiger partial charge < -0.3 is 10.2 Å². The number of anilines is 1. The summed E-state index contributed by atoms with van der Waals surface area (Å²) >= 11 is 0. The van der Waals surface area contributed by atoms with E-state index in [2.05, 4.69) is 5.32 Å². The molecular weight excluding hydrogens is 270 g/mol. The van der Waals surface area contributed by atoms with Crippen LogP contribution in [0.1, 0.15) is 44.0 Å². The molecule has 0 bridgehead atoms. The van der Waals surface area contributed by atoms with Gasteiger partial charge in [-0.25, -0.2) is 0 Å². The monoisotopic (exact) mass is 293 g/mol. The van der Waals surface area contributed by atoms with E-state index in [1.807, 2.05) is 20.8 Å². The molecule has 0 aliphatic rings. The molecule has 116 valence electrons. The lowest BCUT2D eigenvalue weighted by molar-refractivity contribution is -0.384. The fourth-order valence-corrected chi connectivity index (χ4v) is 2.25.